The molecule has 11 nitrogen and oxygen atoms in total. The molecule has 1 aromatic carbocycles. The summed E-state index contributed by atoms with van der Waals surface area (Å²) in [4.78, 5) is 37.2. The van der Waals surface area contributed by atoms with Gasteiger partial charge in [-0.05, 0) is 0 Å². The number of fused-ring (bicyclic) bond motifs is 2. The molecule has 182 valence electrons. The minimum absolute atomic E-state index is 0.115. The molecule has 0 saturated carbocycles. The molecular weight excluding hydrogens is 562 g/mol. The summed E-state index contributed by atoms with van der Waals surface area (Å²) in [5, 5.41) is 4.14. The average Bonchev–Trinajstić information content (AvgIpc) is 3.09. The Hall–Kier alpha value is -2.62. The van der Waals surface area contributed by atoms with Crippen LogP contribution in [-0.2, 0) is 23.8 Å². The van der Waals surface area contributed by atoms with Crippen molar-refractivity contribution in [2.24, 2.45) is 0 Å². The summed E-state index contributed by atoms with van der Waals surface area (Å²) in [6.45, 7) is 3.57. The van der Waals surface area contributed by atoms with Crippen LogP contribution in [-0.4, -0.2) is 98.7 Å². The standard InChI is InChI=1S/C22H25N3O8Te/c1-25-15-12-16-17(33-11-9-31-7-5-29-4-6-30-8-10-32-16)13-18(15)34-19(25)3-2-14-20(26)23-22(28)24-21(14)27/h2-3,12-13H,4-11H2,1H3,(H2,23,24,26,27,28)/b19-3-. The molecule has 1 saturated heterocycles. The molecule has 1 fully saturated rings. The molecule has 0 aromatic heterocycles. The van der Waals surface area contributed by atoms with Gasteiger partial charge in [-0.2, -0.15) is 0 Å². The molecule has 1 aromatic rings. The number of urea groups is 1. The fourth-order valence-electron chi connectivity index (χ4n) is 3.29. The van der Waals surface area contributed by atoms with Gasteiger partial charge in [-0.15, -0.1) is 0 Å². The van der Waals surface area contributed by atoms with E-state index in [-0.39, 0.29) is 5.57 Å². The summed E-state index contributed by atoms with van der Waals surface area (Å²) in [5.74, 6) is -0.189. The zero-order valence-electron chi connectivity index (χ0n) is 18.6. The number of carbonyl (C=O) groups excluding carboxylic acids is 3. The van der Waals surface area contributed by atoms with E-state index in [1.807, 2.05) is 24.1 Å². The number of nitrogens with zero attached hydrogens (tertiary/aromatic N) is 1. The first kappa shape index (κ1) is 24.5. The van der Waals surface area contributed by atoms with E-state index in [0.29, 0.717) is 64.4 Å². The van der Waals surface area contributed by atoms with Crippen LogP contribution in [0.25, 0.3) is 0 Å². The Balaban J connectivity index is 1.52. The van der Waals surface area contributed by atoms with E-state index in [4.69, 9.17) is 23.7 Å². The van der Waals surface area contributed by atoms with Crippen molar-refractivity contribution in [2.75, 3.05) is 64.8 Å². The molecule has 0 spiro atoms. The summed E-state index contributed by atoms with van der Waals surface area (Å²) in [7, 11) is 1.92. The molecule has 12 heteroatoms. The monoisotopic (exact) mass is 589 g/mol. The molecule has 34 heavy (non-hydrogen) atoms. The van der Waals surface area contributed by atoms with E-state index in [9.17, 15) is 14.4 Å². The number of allylic oxidation sites excluding steroid dienone is 2. The SMILES string of the molecule is CN1/C(=C/C=C2C(=O)NC(=O)NC2=O)[Te]c2cc3c(cc21)OCCOCCOCCOCCO3. The van der Waals surface area contributed by atoms with Crippen LogP contribution >= 0.6 is 0 Å². The molecule has 0 radical (unpaired) electrons. The van der Waals surface area contributed by atoms with Gasteiger partial charge in [0.2, 0.25) is 0 Å². The number of barbiturate groups is 1. The van der Waals surface area contributed by atoms with E-state index in [0.717, 1.165) is 13.0 Å². The third-order valence-corrected chi connectivity index (χ3v) is 8.31. The van der Waals surface area contributed by atoms with Crippen molar-refractivity contribution in [2.45, 2.75) is 0 Å². The van der Waals surface area contributed by atoms with Gasteiger partial charge in [0.1, 0.15) is 0 Å². The quantitative estimate of drug-likeness (QED) is 0.253. The van der Waals surface area contributed by atoms with Gasteiger partial charge in [-0.3, -0.25) is 0 Å². The zero-order chi connectivity index (χ0) is 23.9. The molecule has 0 aliphatic carbocycles. The Morgan fingerprint density at radius 3 is 1.91 bits per heavy atom. The van der Waals surface area contributed by atoms with Crippen molar-refractivity contribution < 1.29 is 38.1 Å². The maximum atomic E-state index is 12.0. The van der Waals surface area contributed by atoms with E-state index >= 15 is 0 Å². The van der Waals surface area contributed by atoms with Crippen LogP contribution < -0.4 is 28.6 Å². The fraction of sp³-hybridized carbons (Fsp3) is 0.409. The van der Waals surface area contributed by atoms with Crippen molar-refractivity contribution >= 4 is 48.1 Å². The first-order valence-electron chi connectivity index (χ1n) is 10.7. The number of anilines is 1. The van der Waals surface area contributed by atoms with Gasteiger partial charge in [0.05, 0.1) is 0 Å². The summed E-state index contributed by atoms with van der Waals surface area (Å²) in [6.07, 6.45) is 3.19. The molecule has 0 bridgehead atoms. The summed E-state index contributed by atoms with van der Waals surface area (Å²) in [6, 6.07) is 3.10. The zero-order valence-corrected chi connectivity index (χ0v) is 20.9. The van der Waals surface area contributed by atoms with E-state index in [2.05, 4.69) is 10.6 Å². The van der Waals surface area contributed by atoms with Gasteiger partial charge >= 0.3 is 207 Å². The second kappa shape index (κ2) is 11.7. The van der Waals surface area contributed by atoms with Crippen molar-refractivity contribution in [3.63, 3.8) is 0 Å². The Bertz CT molecular complexity index is 1000. The molecule has 3 aliphatic heterocycles. The number of rotatable bonds is 1. The van der Waals surface area contributed by atoms with E-state index in [1.165, 1.54) is 6.08 Å². The predicted molar refractivity (Wildman–Crippen MR) is 122 cm³/mol. The van der Waals surface area contributed by atoms with Crippen molar-refractivity contribution in [1.82, 2.24) is 10.6 Å². The number of imide groups is 2. The van der Waals surface area contributed by atoms with Crippen LogP contribution in [0.1, 0.15) is 0 Å². The number of hydrogen-bond donors (Lipinski definition) is 2. The average molecular weight is 587 g/mol. The first-order chi connectivity index (χ1) is 16.5. The minimum atomic E-state index is -0.827. The molecule has 4 amide bonds. The second-order valence-electron chi connectivity index (χ2n) is 7.28. The van der Waals surface area contributed by atoms with Crippen molar-refractivity contribution in [3.05, 3.63) is 33.6 Å². The number of benzene rings is 1. The number of hydrogen-bond acceptors (Lipinski definition) is 9. The number of carbonyl (C=O) groups is 3. The molecule has 3 heterocycles. The predicted octanol–water partition coefficient (Wildman–Crippen LogP) is -0.579. The Morgan fingerprint density at radius 2 is 1.32 bits per heavy atom. The molecular formula is C22H25N3O8Te. The van der Waals surface area contributed by atoms with Crippen LogP contribution in [0.2, 0.25) is 0 Å². The van der Waals surface area contributed by atoms with Crippen molar-refractivity contribution in [1.29, 1.82) is 0 Å². The molecule has 0 atom stereocenters. The van der Waals surface area contributed by atoms with Crippen molar-refractivity contribution in [3.8, 4) is 11.5 Å². The van der Waals surface area contributed by atoms with Gasteiger partial charge in [0, 0.05) is 0 Å². The Morgan fingerprint density at radius 1 is 0.794 bits per heavy atom. The van der Waals surface area contributed by atoms with E-state index in [1.54, 1.807) is 6.08 Å². The van der Waals surface area contributed by atoms with Gasteiger partial charge < -0.3 is 0 Å². The Kier molecular flexibility index (Phi) is 8.42. The summed E-state index contributed by atoms with van der Waals surface area (Å²) < 4.78 is 30.5. The summed E-state index contributed by atoms with van der Waals surface area (Å²) in [5.41, 5.74) is 0.862. The molecule has 2 N–H and O–H groups in total. The normalized spacial score (nSPS) is 21.3. The van der Waals surface area contributed by atoms with Gasteiger partial charge in [0.15, 0.2) is 0 Å². The first-order valence-corrected chi connectivity index (χ1v) is 13.0. The third-order valence-electron chi connectivity index (χ3n) is 4.98. The number of ether oxygens (including phenoxy) is 5. The van der Waals surface area contributed by atoms with Crippen LogP contribution in [0.5, 0.6) is 11.5 Å². The van der Waals surface area contributed by atoms with Crippen LogP contribution in [0, 0.1) is 0 Å². The van der Waals surface area contributed by atoms with Crippen LogP contribution in [0.4, 0.5) is 10.5 Å². The maximum absolute atomic E-state index is 12.0. The van der Waals surface area contributed by atoms with Crippen LogP contribution in [0.15, 0.2) is 33.6 Å². The number of nitrogens with one attached hydrogen (secondary N) is 2. The Labute approximate surface area is 206 Å². The third kappa shape index (κ3) is 6.08. The van der Waals surface area contributed by atoms with Gasteiger partial charge in [0.25, 0.3) is 0 Å². The molecule has 4 rings (SSSR count). The number of amides is 4. The topological polar surface area (TPSA) is 125 Å². The second-order valence-corrected chi connectivity index (χ2v) is 10.3. The summed E-state index contributed by atoms with van der Waals surface area (Å²) >= 11 is -0.827. The van der Waals surface area contributed by atoms with Crippen LogP contribution in [0.3, 0.4) is 0 Å². The molecule has 3 aliphatic rings. The molecule has 0 unspecified atom stereocenters. The van der Waals surface area contributed by atoms with Gasteiger partial charge in [-0.1, -0.05) is 0 Å². The van der Waals surface area contributed by atoms with Gasteiger partial charge in [-0.25, -0.2) is 0 Å². The van der Waals surface area contributed by atoms with E-state index < -0.39 is 38.8 Å². The fourth-order valence-corrected chi connectivity index (χ4v) is 6.32.